The Morgan fingerprint density at radius 3 is 3.00 bits per heavy atom. The zero-order chi connectivity index (χ0) is 10.6. The number of fused-ring (bicyclic) bond motifs is 2. The van der Waals surface area contributed by atoms with E-state index in [0.29, 0.717) is 5.52 Å². The summed E-state index contributed by atoms with van der Waals surface area (Å²) in [5.41, 5.74) is 1.89. The highest BCUT2D eigenvalue weighted by atomic mass is 79.9. The second kappa shape index (κ2) is 3.22. The van der Waals surface area contributed by atoms with Gasteiger partial charge >= 0.3 is 0 Å². The van der Waals surface area contributed by atoms with Gasteiger partial charge in [0, 0.05) is 32.8 Å². The third-order valence-corrected chi connectivity index (χ3v) is 4.36. The van der Waals surface area contributed by atoms with Gasteiger partial charge < -0.3 is 9.55 Å². The van der Waals surface area contributed by atoms with Gasteiger partial charge in [0.25, 0.3) is 5.56 Å². The molecule has 0 unspecified atom stereocenters. The molecule has 5 heteroatoms. The van der Waals surface area contributed by atoms with Gasteiger partial charge in [0.15, 0.2) is 0 Å². The van der Waals surface area contributed by atoms with Crippen LogP contribution < -0.4 is 5.56 Å². The van der Waals surface area contributed by atoms with E-state index in [1.165, 1.54) is 0 Å². The van der Waals surface area contributed by atoms with Crippen LogP contribution in [0.2, 0.25) is 0 Å². The lowest BCUT2D eigenvalue weighted by atomic mass is 10.2. The van der Waals surface area contributed by atoms with Crippen molar-refractivity contribution in [3.05, 3.63) is 31.2 Å². The minimum atomic E-state index is 0.0893. The Morgan fingerprint density at radius 2 is 2.20 bits per heavy atom. The molecular weight excluding hydrogens is 324 g/mol. The van der Waals surface area contributed by atoms with E-state index in [1.807, 2.05) is 10.8 Å². The Balaban J connectivity index is 2.59. The summed E-state index contributed by atoms with van der Waals surface area (Å²) in [4.78, 5) is 15.1. The van der Waals surface area contributed by atoms with Crippen LogP contribution in [-0.2, 0) is 13.0 Å². The van der Waals surface area contributed by atoms with Crippen LogP contribution in [0.4, 0.5) is 0 Å². The van der Waals surface area contributed by atoms with Gasteiger partial charge in [-0.3, -0.25) is 4.79 Å². The van der Waals surface area contributed by atoms with Crippen molar-refractivity contribution in [2.45, 2.75) is 19.4 Å². The largest absolute Gasteiger partial charge is 0.356 e. The Kier molecular flexibility index (Phi) is 2.07. The zero-order valence-electron chi connectivity index (χ0n) is 7.81. The van der Waals surface area contributed by atoms with Crippen molar-refractivity contribution >= 4 is 42.8 Å². The second-order valence-electron chi connectivity index (χ2n) is 3.71. The summed E-state index contributed by atoms with van der Waals surface area (Å²) in [5, 5.41) is 0.966. The van der Waals surface area contributed by atoms with Crippen molar-refractivity contribution in [1.29, 1.82) is 0 Å². The molecular formula is C10H8Br2N2O. The zero-order valence-corrected chi connectivity index (χ0v) is 11.0. The number of hydrogen-bond donors (Lipinski definition) is 1. The van der Waals surface area contributed by atoms with Crippen LogP contribution in [-0.4, -0.2) is 9.55 Å². The number of nitrogens with one attached hydrogen (secondary N) is 1. The molecule has 0 saturated carbocycles. The lowest BCUT2D eigenvalue weighted by Gasteiger charge is -2.06. The van der Waals surface area contributed by atoms with Crippen molar-refractivity contribution in [2.24, 2.45) is 0 Å². The Hall–Kier alpha value is -0.550. The summed E-state index contributed by atoms with van der Waals surface area (Å²) in [7, 11) is 0. The number of halogens is 2. The first-order valence-corrected chi connectivity index (χ1v) is 6.36. The summed E-state index contributed by atoms with van der Waals surface area (Å²) in [6.45, 7) is 0.833. The fraction of sp³-hybridized carbons (Fsp3) is 0.300. The molecule has 78 valence electrons. The topological polar surface area (TPSA) is 37.8 Å². The van der Waals surface area contributed by atoms with Crippen molar-refractivity contribution in [2.75, 3.05) is 0 Å². The molecule has 3 nitrogen and oxygen atoms in total. The molecule has 0 radical (unpaired) electrons. The van der Waals surface area contributed by atoms with E-state index in [-0.39, 0.29) is 5.56 Å². The predicted octanol–water partition coefficient (Wildman–Crippen LogP) is 2.80. The molecule has 1 N–H and O–H groups in total. The van der Waals surface area contributed by atoms with Crippen LogP contribution in [0.3, 0.4) is 0 Å². The first-order valence-electron chi connectivity index (χ1n) is 4.78. The third kappa shape index (κ3) is 1.19. The predicted molar refractivity (Wildman–Crippen MR) is 66.3 cm³/mol. The number of aromatic amines is 1. The van der Waals surface area contributed by atoms with Gasteiger partial charge in [-0.05, 0) is 44.7 Å². The fourth-order valence-electron chi connectivity index (χ4n) is 2.19. The van der Waals surface area contributed by atoms with E-state index in [4.69, 9.17) is 0 Å². The van der Waals surface area contributed by atoms with Gasteiger partial charge in [-0.25, -0.2) is 0 Å². The van der Waals surface area contributed by atoms with Gasteiger partial charge in [-0.15, -0.1) is 0 Å². The monoisotopic (exact) mass is 330 g/mol. The van der Waals surface area contributed by atoms with Crippen LogP contribution in [0, 0.1) is 0 Å². The van der Waals surface area contributed by atoms with E-state index in [9.17, 15) is 4.79 Å². The third-order valence-electron chi connectivity index (χ3n) is 2.89. The molecule has 0 aliphatic carbocycles. The average molecular weight is 332 g/mol. The molecule has 0 aromatic carbocycles. The van der Waals surface area contributed by atoms with Gasteiger partial charge in [0.2, 0.25) is 0 Å². The van der Waals surface area contributed by atoms with Crippen LogP contribution in [0.1, 0.15) is 12.1 Å². The fourth-order valence-corrected chi connectivity index (χ4v) is 3.79. The number of pyridine rings is 1. The number of hydrogen-bond acceptors (Lipinski definition) is 1. The molecule has 1 aliphatic rings. The summed E-state index contributed by atoms with van der Waals surface area (Å²) in [6.07, 6.45) is 3.84. The van der Waals surface area contributed by atoms with Crippen LogP contribution in [0.15, 0.2) is 19.9 Å². The molecule has 0 fully saturated rings. The lowest BCUT2D eigenvalue weighted by Crippen LogP contribution is -2.20. The highest BCUT2D eigenvalue weighted by Gasteiger charge is 2.21. The van der Waals surface area contributed by atoms with E-state index < -0.39 is 0 Å². The number of H-pyrrole nitrogens is 1. The molecule has 0 amide bonds. The van der Waals surface area contributed by atoms with Gasteiger partial charge in [-0.1, -0.05) is 0 Å². The molecule has 2 aromatic heterocycles. The quantitative estimate of drug-likeness (QED) is 0.792. The molecule has 2 aromatic rings. The normalized spacial score (nSPS) is 14.8. The van der Waals surface area contributed by atoms with Crippen molar-refractivity contribution in [3.63, 3.8) is 0 Å². The van der Waals surface area contributed by atoms with Crippen molar-refractivity contribution < 1.29 is 0 Å². The standard InChI is InChI=1S/C10H8Br2N2O/c11-5-4-13-9-7(5)8(12)6-2-1-3-14(6)10(9)15/h4,13H,1-3H2. The second-order valence-corrected chi connectivity index (χ2v) is 5.35. The van der Waals surface area contributed by atoms with Crippen LogP contribution >= 0.6 is 31.9 Å². The molecule has 0 saturated heterocycles. The molecule has 1 aliphatic heterocycles. The molecule has 3 heterocycles. The lowest BCUT2D eigenvalue weighted by molar-refractivity contribution is 0.724. The summed E-state index contributed by atoms with van der Waals surface area (Å²) in [5.74, 6) is 0. The molecule has 0 atom stereocenters. The number of aromatic nitrogens is 2. The molecule has 3 rings (SSSR count). The first kappa shape index (κ1) is 9.66. The summed E-state index contributed by atoms with van der Waals surface area (Å²) >= 11 is 7.04. The smallest absolute Gasteiger partial charge is 0.275 e. The highest BCUT2D eigenvalue weighted by molar-refractivity contribution is 9.11. The van der Waals surface area contributed by atoms with Gasteiger partial charge in [0.1, 0.15) is 5.52 Å². The SMILES string of the molecule is O=c1c2[nH]cc(Br)c2c(Br)c2n1CCC2. The number of rotatable bonds is 0. The van der Waals surface area contributed by atoms with Gasteiger partial charge in [-0.2, -0.15) is 0 Å². The number of nitrogens with zero attached hydrogens (tertiary/aromatic N) is 1. The van der Waals surface area contributed by atoms with Crippen LogP contribution in [0.25, 0.3) is 10.9 Å². The van der Waals surface area contributed by atoms with E-state index in [1.54, 1.807) is 0 Å². The maximum atomic E-state index is 12.1. The van der Waals surface area contributed by atoms with E-state index in [2.05, 4.69) is 36.8 Å². The van der Waals surface area contributed by atoms with Crippen molar-refractivity contribution in [3.8, 4) is 0 Å². The maximum Gasteiger partial charge on any atom is 0.275 e. The van der Waals surface area contributed by atoms with Gasteiger partial charge in [0.05, 0.1) is 0 Å². The minimum absolute atomic E-state index is 0.0893. The van der Waals surface area contributed by atoms with E-state index in [0.717, 1.165) is 39.4 Å². The minimum Gasteiger partial charge on any atom is -0.356 e. The van der Waals surface area contributed by atoms with Crippen LogP contribution in [0.5, 0.6) is 0 Å². The summed E-state index contributed by atoms with van der Waals surface area (Å²) in [6, 6.07) is 0. The summed E-state index contributed by atoms with van der Waals surface area (Å²) < 4.78 is 3.84. The Bertz CT molecular complexity index is 612. The molecule has 0 spiro atoms. The molecule has 15 heavy (non-hydrogen) atoms. The molecule has 0 bridgehead atoms. The first-order chi connectivity index (χ1) is 7.20. The highest BCUT2D eigenvalue weighted by Crippen LogP contribution is 2.33. The van der Waals surface area contributed by atoms with E-state index >= 15 is 0 Å². The maximum absolute atomic E-state index is 12.1. The Morgan fingerprint density at radius 1 is 1.40 bits per heavy atom. The Labute approximate surface area is 103 Å². The van der Waals surface area contributed by atoms with Crippen molar-refractivity contribution in [1.82, 2.24) is 9.55 Å². The average Bonchev–Trinajstić information content (AvgIpc) is 2.80.